The van der Waals surface area contributed by atoms with E-state index in [0.29, 0.717) is 21.9 Å². The topological polar surface area (TPSA) is 52.8 Å². The number of halogens is 1. The summed E-state index contributed by atoms with van der Waals surface area (Å²) >= 11 is 5.00. The van der Waals surface area contributed by atoms with E-state index >= 15 is 0 Å². The second-order valence-electron chi connectivity index (χ2n) is 5.63. The third-order valence-corrected chi connectivity index (χ3v) is 5.46. The minimum atomic E-state index is -0.333. The Morgan fingerprint density at radius 2 is 2.00 bits per heavy atom. The number of benzene rings is 2. The summed E-state index contributed by atoms with van der Waals surface area (Å²) in [4.78, 5) is 17.9. The first kappa shape index (κ1) is 18.7. The van der Waals surface area contributed by atoms with E-state index in [0.717, 1.165) is 27.7 Å². The van der Waals surface area contributed by atoms with E-state index in [1.807, 2.05) is 18.2 Å². The second kappa shape index (κ2) is 8.05. The van der Waals surface area contributed by atoms with E-state index in [9.17, 15) is 4.79 Å². The third kappa shape index (κ3) is 3.68. The summed E-state index contributed by atoms with van der Waals surface area (Å²) in [6.45, 7) is 2.90. The number of nitrogens with zero attached hydrogens (tertiary/aromatic N) is 2. The molecule has 1 amide bonds. The molecule has 26 heavy (non-hydrogen) atoms. The van der Waals surface area contributed by atoms with Gasteiger partial charge in [-0.3, -0.25) is 4.79 Å². The zero-order chi connectivity index (χ0) is 18.7. The van der Waals surface area contributed by atoms with Crippen LogP contribution in [0.25, 0.3) is 10.2 Å². The van der Waals surface area contributed by atoms with Gasteiger partial charge in [-0.05, 0) is 36.8 Å². The first-order valence-corrected chi connectivity index (χ1v) is 9.78. The molecule has 7 heteroatoms. The van der Waals surface area contributed by atoms with Gasteiger partial charge in [-0.1, -0.05) is 34.2 Å². The van der Waals surface area contributed by atoms with Crippen molar-refractivity contribution in [3.63, 3.8) is 0 Å². The predicted octanol–water partition coefficient (Wildman–Crippen LogP) is 4.63. The van der Waals surface area contributed by atoms with E-state index < -0.39 is 0 Å². The van der Waals surface area contributed by atoms with Crippen LogP contribution in [0.5, 0.6) is 11.5 Å². The van der Waals surface area contributed by atoms with Crippen LogP contribution in [0.15, 0.2) is 45.9 Å². The summed E-state index contributed by atoms with van der Waals surface area (Å²) < 4.78 is 14.7. The van der Waals surface area contributed by atoms with Crippen molar-refractivity contribution in [1.82, 2.24) is 4.57 Å². The van der Waals surface area contributed by atoms with E-state index in [1.54, 1.807) is 25.3 Å². The number of hydrogen-bond donors (Lipinski definition) is 0. The number of amides is 1. The maximum Gasteiger partial charge on any atom is 0.283 e. The predicted molar refractivity (Wildman–Crippen MR) is 107 cm³/mol. The van der Waals surface area contributed by atoms with Gasteiger partial charge in [0.15, 0.2) is 4.80 Å². The summed E-state index contributed by atoms with van der Waals surface area (Å²) in [5, 5.41) is 0. The molecule has 136 valence electrons. The number of rotatable bonds is 5. The van der Waals surface area contributed by atoms with Crippen LogP contribution in [0.2, 0.25) is 0 Å². The highest BCUT2D eigenvalue weighted by Crippen LogP contribution is 2.26. The van der Waals surface area contributed by atoms with Crippen molar-refractivity contribution >= 4 is 43.4 Å². The van der Waals surface area contributed by atoms with Crippen molar-refractivity contribution in [3.8, 4) is 11.5 Å². The van der Waals surface area contributed by atoms with Crippen molar-refractivity contribution < 1.29 is 14.3 Å². The van der Waals surface area contributed by atoms with E-state index in [-0.39, 0.29) is 5.91 Å². The van der Waals surface area contributed by atoms with Crippen LogP contribution in [-0.4, -0.2) is 24.7 Å². The fraction of sp³-hybridized carbons (Fsp3) is 0.263. The number of carbonyl (C=O) groups is 1. The lowest BCUT2D eigenvalue weighted by Crippen LogP contribution is -2.17. The molecule has 5 nitrogen and oxygen atoms in total. The SMILES string of the molecule is CCCn1c(=NC(=O)c2ccc(OC)cc2OC)sc2cc(Br)ccc21. The standard InChI is InChI=1S/C19H19BrN2O3S/c1-4-9-22-15-8-5-12(20)10-17(15)26-19(22)21-18(23)14-7-6-13(24-2)11-16(14)25-3/h5-8,10-11H,4,9H2,1-3H3. The van der Waals surface area contributed by atoms with E-state index in [1.165, 1.54) is 18.4 Å². The molecule has 2 aromatic carbocycles. The number of fused-ring (bicyclic) bond motifs is 1. The molecule has 3 rings (SSSR count). The Morgan fingerprint density at radius 1 is 1.19 bits per heavy atom. The molecule has 0 radical (unpaired) electrons. The zero-order valence-electron chi connectivity index (χ0n) is 14.8. The van der Waals surface area contributed by atoms with Crippen LogP contribution in [-0.2, 0) is 6.54 Å². The number of hydrogen-bond acceptors (Lipinski definition) is 4. The van der Waals surface area contributed by atoms with Gasteiger partial charge in [0.05, 0.1) is 30.0 Å². The highest BCUT2D eigenvalue weighted by atomic mass is 79.9. The molecule has 0 spiro atoms. The Balaban J connectivity index is 2.12. The zero-order valence-corrected chi connectivity index (χ0v) is 17.2. The number of aryl methyl sites for hydroxylation is 1. The van der Waals surface area contributed by atoms with Crippen LogP contribution in [0.3, 0.4) is 0 Å². The summed E-state index contributed by atoms with van der Waals surface area (Å²) in [5.74, 6) is 0.745. The Hall–Kier alpha value is -2.12. The smallest absolute Gasteiger partial charge is 0.283 e. The van der Waals surface area contributed by atoms with Gasteiger partial charge in [0.2, 0.25) is 0 Å². The number of ether oxygens (including phenoxy) is 2. The number of thiazole rings is 1. The minimum absolute atomic E-state index is 0.333. The van der Waals surface area contributed by atoms with Gasteiger partial charge in [0.1, 0.15) is 11.5 Å². The van der Waals surface area contributed by atoms with Crippen molar-refractivity contribution in [1.29, 1.82) is 0 Å². The van der Waals surface area contributed by atoms with Crippen LogP contribution in [0.4, 0.5) is 0 Å². The lowest BCUT2D eigenvalue weighted by molar-refractivity contribution is 0.0995. The van der Waals surface area contributed by atoms with Gasteiger partial charge in [0, 0.05) is 17.1 Å². The summed E-state index contributed by atoms with van der Waals surface area (Å²) in [6, 6.07) is 11.2. The minimum Gasteiger partial charge on any atom is -0.497 e. The summed E-state index contributed by atoms with van der Waals surface area (Å²) in [7, 11) is 3.10. The molecule has 1 aromatic heterocycles. The molecule has 1 heterocycles. The second-order valence-corrected chi connectivity index (χ2v) is 7.56. The molecule has 0 aliphatic rings. The molecule has 0 unspecified atom stereocenters. The molecule has 0 saturated carbocycles. The van der Waals surface area contributed by atoms with Crippen molar-refractivity contribution in [2.24, 2.45) is 4.99 Å². The van der Waals surface area contributed by atoms with E-state index in [4.69, 9.17) is 9.47 Å². The highest BCUT2D eigenvalue weighted by molar-refractivity contribution is 9.10. The normalized spacial score (nSPS) is 11.8. The lowest BCUT2D eigenvalue weighted by Gasteiger charge is -2.07. The molecular weight excluding hydrogens is 416 g/mol. The quantitative estimate of drug-likeness (QED) is 0.587. The van der Waals surface area contributed by atoms with Gasteiger partial charge in [-0.15, -0.1) is 0 Å². The summed E-state index contributed by atoms with van der Waals surface area (Å²) in [6.07, 6.45) is 0.954. The lowest BCUT2D eigenvalue weighted by atomic mass is 10.2. The van der Waals surface area contributed by atoms with Crippen LogP contribution in [0.1, 0.15) is 23.7 Å². The maximum absolute atomic E-state index is 12.8. The average molecular weight is 435 g/mol. The molecule has 0 fully saturated rings. The Kier molecular flexibility index (Phi) is 5.78. The maximum atomic E-state index is 12.8. The van der Waals surface area contributed by atoms with Gasteiger partial charge < -0.3 is 14.0 Å². The fourth-order valence-electron chi connectivity index (χ4n) is 2.69. The molecule has 0 aliphatic carbocycles. The Labute approximate surface area is 164 Å². The highest BCUT2D eigenvalue weighted by Gasteiger charge is 2.14. The first-order chi connectivity index (χ1) is 12.6. The van der Waals surface area contributed by atoms with Gasteiger partial charge in [-0.2, -0.15) is 4.99 Å². The average Bonchev–Trinajstić information content (AvgIpc) is 2.97. The fourth-order valence-corrected chi connectivity index (χ4v) is 4.30. The van der Waals surface area contributed by atoms with Crippen LogP contribution >= 0.6 is 27.3 Å². The van der Waals surface area contributed by atoms with Crippen molar-refractivity contribution in [2.75, 3.05) is 14.2 Å². The molecule has 0 aliphatic heterocycles. The summed E-state index contributed by atoms with van der Waals surface area (Å²) in [5.41, 5.74) is 1.49. The van der Waals surface area contributed by atoms with Gasteiger partial charge in [-0.25, -0.2) is 0 Å². The third-order valence-electron chi connectivity index (χ3n) is 3.93. The monoisotopic (exact) mass is 434 g/mol. The molecule has 3 aromatic rings. The molecule has 0 atom stereocenters. The Bertz CT molecular complexity index is 1020. The van der Waals surface area contributed by atoms with Crippen LogP contribution < -0.4 is 14.3 Å². The van der Waals surface area contributed by atoms with Crippen molar-refractivity contribution in [3.05, 3.63) is 51.2 Å². The van der Waals surface area contributed by atoms with Crippen molar-refractivity contribution in [2.45, 2.75) is 19.9 Å². The van der Waals surface area contributed by atoms with E-state index in [2.05, 4.69) is 32.4 Å². The molecule has 0 bridgehead atoms. The number of aromatic nitrogens is 1. The van der Waals surface area contributed by atoms with Gasteiger partial charge >= 0.3 is 0 Å². The molecular formula is C19H19BrN2O3S. The largest absolute Gasteiger partial charge is 0.497 e. The van der Waals surface area contributed by atoms with Crippen LogP contribution in [0, 0.1) is 0 Å². The first-order valence-electron chi connectivity index (χ1n) is 8.17. The number of methoxy groups -OCH3 is 2. The van der Waals surface area contributed by atoms with Gasteiger partial charge in [0.25, 0.3) is 5.91 Å². The molecule has 0 saturated heterocycles. The Morgan fingerprint density at radius 3 is 2.69 bits per heavy atom. The molecule has 0 N–H and O–H groups in total. The number of carbonyl (C=O) groups excluding carboxylic acids is 1.